The number of benzene rings is 2. The van der Waals surface area contributed by atoms with Crippen LogP contribution < -0.4 is 0 Å². The number of aryl methyl sites for hydroxylation is 1. The molecule has 1 N–H and O–H groups in total. The van der Waals surface area contributed by atoms with Crippen LogP contribution in [0.2, 0.25) is 0 Å². The molecule has 5 heteroatoms. The van der Waals surface area contributed by atoms with Crippen molar-refractivity contribution in [3.05, 3.63) is 65.6 Å². The lowest BCUT2D eigenvalue weighted by atomic mass is 9.92. The Bertz CT molecular complexity index is 1060. The first-order valence-corrected chi connectivity index (χ1v) is 8.65. The summed E-state index contributed by atoms with van der Waals surface area (Å²) in [7, 11) is 0. The maximum atomic E-state index is 13.2. The molecule has 0 radical (unpaired) electrons. The third-order valence-corrected chi connectivity index (χ3v) is 4.43. The quantitative estimate of drug-likeness (QED) is 0.544. The fraction of sp³-hybridized carbons (Fsp3) is 0.238. The van der Waals surface area contributed by atoms with Gasteiger partial charge in [-0.3, -0.25) is 0 Å². The summed E-state index contributed by atoms with van der Waals surface area (Å²) in [6.07, 6.45) is 0. The molecule has 0 saturated heterocycles. The van der Waals surface area contributed by atoms with Gasteiger partial charge < -0.3 is 4.98 Å². The highest BCUT2D eigenvalue weighted by Gasteiger charge is 2.26. The second-order valence-corrected chi connectivity index (χ2v) is 7.64. The van der Waals surface area contributed by atoms with Crippen LogP contribution in [-0.2, 0) is 5.41 Å². The van der Waals surface area contributed by atoms with Gasteiger partial charge in [-0.05, 0) is 43.3 Å². The van der Waals surface area contributed by atoms with Gasteiger partial charge in [0.05, 0.1) is 11.4 Å². The molecule has 132 valence electrons. The number of fused-ring (bicyclic) bond motifs is 1. The molecular formula is C21H21FN4. The van der Waals surface area contributed by atoms with Crippen molar-refractivity contribution in [2.24, 2.45) is 0 Å². The van der Waals surface area contributed by atoms with Crippen molar-refractivity contribution in [1.82, 2.24) is 19.7 Å². The third kappa shape index (κ3) is 2.79. The van der Waals surface area contributed by atoms with Gasteiger partial charge in [-0.25, -0.2) is 14.1 Å². The fourth-order valence-electron chi connectivity index (χ4n) is 3.00. The summed E-state index contributed by atoms with van der Waals surface area (Å²) < 4.78 is 15.1. The van der Waals surface area contributed by atoms with Gasteiger partial charge in [-0.15, -0.1) is 0 Å². The molecule has 0 aliphatic rings. The van der Waals surface area contributed by atoms with Crippen molar-refractivity contribution in [2.75, 3.05) is 0 Å². The predicted molar refractivity (Wildman–Crippen MR) is 102 cm³/mol. The second kappa shape index (κ2) is 5.80. The number of hydrogen-bond donors (Lipinski definition) is 1. The van der Waals surface area contributed by atoms with E-state index in [4.69, 9.17) is 10.1 Å². The lowest BCUT2D eigenvalue weighted by molar-refractivity contribution is 0.563. The number of rotatable bonds is 2. The molecule has 4 nitrogen and oxygen atoms in total. The van der Waals surface area contributed by atoms with E-state index < -0.39 is 0 Å². The normalized spacial score (nSPS) is 12.0. The summed E-state index contributed by atoms with van der Waals surface area (Å²) in [6.45, 7) is 8.44. The molecule has 2 aromatic heterocycles. The number of aromatic amines is 1. The zero-order chi connectivity index (χ0) is 18.5. The summed E-state index contributed by atoms with van der Waals surface area (Å²) in [5.74, 6) is 0.454. The van der Waals surface area contributed by atoms with E-state index in [0.29, 0.717) is 5.82 Å². The molecule has 2 heterocycles. The number of H-pyrrole nitrogens is 1. The van der Waals surface area contributed by atoms with Gasteiger partial charge >= 0.3 is 0 Å². The van der Waals surface area contributed by atoms with Gasteiger partial charge in [0.15, 0.2) is 5.65 Å². The highest BCUT2D eigenvalue weighted by molar-refractivity contribution is 5.81. The summed E-state index contributed by atoms with van der Waals surface area (Å²) >= 11 is 0. The van der Waals surface area contributed by atoms with E-state index in [1.807, 2.05) is 16.8 Å². The molecule has 0 atom stereocenters. The van der Waals surface area contributed by atoms with Gasteiger partial charge in [0.1, 0.15) is 17.2 Å². The monoisotopic (exact) mass is 348 g/mol. The molecule has 0 unspecified atom stereocenters. The Kier molecular flexibility index (Phi) is 3.68. The van der Waals surface area contributed by atoms with Gasteiger partial charge in [0, 0.05) is 11.0 Å². The summed E-state index contributed by atoms with van der Waals surface area (Å²) in [5, 5.41) is 4.83. The molecule has 2 aromatic carbocycles. The fourth-order valence-corrected chi connectivity index (χ4v) is 3.00. The highest BCUT2D eigenvalue weighted by Crippen LogP contribution is 2.31. The minimum absolute atomic E-state index is 0.149. The summed E-state index contributed by atoms with van der Waals surface area (Å²) in [6, 6.07) is 14.6. The predicted octanol–water partition coefficient (Wildman–Crippen LogP) is 5.16. The van der Waals surface area contributed by atoms with Gasteiger partial charge in [0.25, 0.3) is 0 Å². The number of hydrogen-bond acceptors (Lipinski definition) is 2. The van der Waals surface area contributed by atoms with Crippen molar-refractivity contribution in [3.8, 4) is 17.1 Å². The van der Waals surface area contributed by atoms with E-state index >= 15 is 0 Å². The van der Waals surface area contributed by atoms with E-state index in [1.165, 1.54) is 17.7 Å². The van der Waals surface area contributed by atoms with Crippen molar-refractivity contribution in [3.63, 3.8) is 0 Å². The number of imidazole rings is 1. The van der Waals surface area contributed by atoms with Crippen LogP contribution in [0.25, 0.3) is 28.2 Å². The topological polar surface area (TPSA) is 46.5 Å². The number of halogens is 1. The smallest absolute Gasteiger partial charge is 0.161 e. The molecule has 0 amide bonds. The van der Waals surface area contributed by atoms with Gasteiger partial charge in [-0.2, -0.15) is 5.10 Å². The SMILES string of the molecule is Cc1ccc(-n2nc(C(C)(C)C)c3nc(-c4ccc(F)cc4)[nH]c32)cc1. The average molecular weight is 348 g/mol. The van der Waals surface area contributed by atoms with E-state index in [9.17, 15) is 4.39 Å². The van der Waals surface area contributed by atoms with Gasteiger partial charge in [0.2, 0.25) is 0 Å². The second-order valence-electron chi connectivity index (χ2n) is 7.64. The van der Waals surface area contributed by atoms with Crippen molar-refractivity contribution in [1.29, 1.82) is 0 Å². The first kappa shape index (κ1) is 16.5. The Hall–Kier alpha value is -2.95. The molecule has 4 aromatic rings. The van der Waals surface area contributed by atoms with E-state index in [1.54, 1.807) is 12.1 Å². The Morgan fingerprint density at radius 2 is 1.62 bits per heavy atom. The Labute approximate surface area is 151 Å². The summed E-state index contributed by atoms with van der Waals surface area (Å²) in [5.41, 5.74) is 5.49. The minimum Gasteiger partial charge on any atom is -0.322 e. The Morgan fingerprint density at radius 3 is 2.23 bits per heavy atom. The molecule has 0 aliphatic carbocycles. The van der Waals surface area contributed by atoms with Crippen molar-refractivity contribution in [2.45, 2.75) is 33.1 Å². The molecule has 0 saturated carbocycles. The largest absolute Gasteiger partial charge is 0.322 e. The molecule has 26 heavy (non-hydrogen) atoms. The van der Waals surface area contributed by atoms with Crippen LogP contribution in [-0.4, -0.2) is 19.7 Å². The first-order chi connectivity index (χ1) is 12.3. The van der Waals surface area contributed by atoms with Crippen molar-refractivity contribution >= 4 is 11.2 Å². The highest BCUT2D eigenvalue weighted by atomic mass is 19.1. The standard InChI is InChI=1S/C21H21FN4/c1-13-5-11-16(12-6-13)26-20-17(18(25-26)21(2,3)4)23-19(24-20)14-7-9-15(22)10-8-14/h5-12H,1-4H3,(H,23,24). The van der Waals surface area contributed by atoms with Crippen LogP contribution in [0.15, 0.2) is 48.5 Å². The van der Waals surface area contributed by atoms with Crippen LogP contribution in [0, 0.1) is 12.7 Å². The Morgan fingerprint density at radius 1 is 0.962 bits per heavy atom. The molecule has 4 rings (SSSR count). The lowest BCUT2D eigenvalue weighted by Crippen LogP contribution is -2.13. The van der Waals surface area contributed by atoms with Crippen molar-refractivity contribution < 1.29 is 4.39 Å². The van der Waals surface area contributed by atoms with Crippen LogP contribution in [0.1, 0.15) is 32.0 Å². The van der Waals surface area contributed by atoms with Crippen LogP contribution in [0.4, 0.5) is 4.39 Å². The Balaban J connectivity index is 1.94. The van der Waals surface area contributed by atoms with Crippen LogP contribution >= 0.6 is 0 Å². The molecule has 0 aliphatic heterocycles. The van der Waals surface area contributed by atoms with E-state index in [0.717, 1.165) is 28.1 Å². The lowest BCUT2D eigenvalue weighted by Gasteiger charge is -2.14. The van der Waals surface area contributed by atoms with Gasteiger partial charge in [-0.1, -0.05) is 38.5 Å². The molecule has 0 fully saturated rings. The maximum Gasteiger partial charge on any atom is 0.161 e. The zero-order valence-electron chi connectivity index (χ0n) is 15.3. The molecule has 0 bridgehead atoms. The zero-order valence-corrected chi connectivity index (χ0v) is 15.3. The molecular weight excluding hydrogens is 327 g/mol. The number of nitrogens with zero attached hydrogens (tertiary/aromatic N) is 3. The first-order valence-electron chi connectivity index (χ1n) is 8.65. The average Bonchev–Trinajstić information content (AvgIpc) is 3.15. The van der Waals surface area contributed by atoms with Crippen LogP contribution in [0.3, 0.4) is 0 Å². The minimum atomic E-state index is -0.258. The maximum absolute atomic E-state index is 13.2. The van der Waals surface area contributed by atoms with E-state index in [2.05, 4.69) is 44.8 Å². The van der Waals surface area contributed by atoms with Crippen LogP contribution in [0.5, 0.6) is 0 Å². The molecule has 0 spiro atoms. The number of aromatic nitrogens is 4. The third-order valence-electron chi connectivity index (χ3n) is 4.43. The van der Waals surface area contributed by atoms with E-state index in [-0.39, 0.29) is 11.2 Å². The summed E-state index contributed by atoms with van der Waals surface area (Å²) in [4.78, 5) is 8.15. The number of nitrogens with one attached hydrogen (secondary N) is 1.